The van der Waals surface area contributed by atoms with E-state index in [4.69, 9.17) is 14.7 Å². The van der Waals surface area contributed by atoms with Crippen LogP contribution >= 0.6 is 0 Å². The van der Waals surface area contributed by atoms with E-state index in [1.54, 1.807) is 26.4 Å². The quantitative estimate of drug-likeness (QED) is 0.473. The van der Waals surface area contributed by atoms with E-state index in [0.29, 0.717) is 19.6 Å². The van der Waals surface area contributed by atoms with Gasteiger partial charge in [0.15, 0.2) is 0 Å². The Morgan fingerprint density at radius 2 is 2.19 bits per heavy atom. The number of rotatable bonds is 7. The maximum Gasteiger partial charge on any atom is 0.261 e. The highest BCUT2D eigenvalue weighted by Crippen LogP contribution is 2.19. The number of methoxy groups -OCH3 is 2. The van der Waals surface area contributed by atoms with E-state index in [-0.39, 0.29) is 11.5 Å². The molecule has 5 nitrogen and oxygen atoms in total. The predicted molar refractivity (Wildman–Crippen MR) is 80.8 cm³/mol. The first-order chi connectivity index (χ1) is 10.1. The number of amides is 1. The number of nitrogens with one attached hydrogen (secondary N) is 1. The summed E-state index contributed by atoms with van der Waals surface area (Å²) in [6.45, 7) is 2.95. The highest BCUT2D eigenvalue weighted by atomic mass is 16.5. The minimum absolute atomic E-state index is 0.0840. The molecule has 1 N–H and O–H groups in total. The van der Waals surface area contributed by atoms with E-state index < -0.39 is 0 Å². The number of nitrogens with zero attached hydrogens (tertiary/aromatic N) is 1. The van der Waals surface area contributed by atoms with Crippen LogP contribution in [0.2, 0.25) is 0 Å². The van der Waals surface area contributed by atoms with Gasteiger partial charge < -0.3 is 14.8 Å². The lowest BCUT2D eigenvalue weighted by Gasteiger charge is -2.06. The molecule has 0 unspecified atom stereocenters. The van der Waals surface area contributed by atoms with Crippen molar-refractivity contribution in [1.29, 1.82) is 5.26 Å². The molecule has 0 aromatic heterocycles. The molecule has 1 rings (SSSR count). The van der Waals surface area contributed by atoms with Crippen LogP contribution in [-0.4, -0.2) is 33.3 Å². The lowest BCUT2D eigenvalue weighted by molar-refractivity contribution is -0.117. The summed E-state index contributed by atoms with van der Waals surface area (Å²) in [5.74, 6) is 0.371. The third-order valence-corrected chi connectivity index (χ3v) is 2.95. The average molecular weight is 288 g/mol. The van der Waals surface area contributed by atoms with Gasteiger partial charge in [-0.2, -0.15) is 5.26 Å². The Kier molecular flexibility index (Phi) is 6.99. The van der Waals surface area contributed by atoms with Crippen molar-refractivity contribution >= 4 is 12.0 Å². The second-order valence-corrected chi connectivity index (χ2v) is 4.49. The van der Waals surface area contributed by atoms with Gasteiger partial charge in [-0.1, -0.05) is 6.07 Å². The van der Waals surface area contributed by atoms with Crippen molar-refractivity contribution < 1.29 is 14.3 Å². The summed E-state index contributed by atoms with van der Waals surface area (Å²) >= 11 is 0. The fourth-order valence-electron chi connectivity index (χ4n) is 1.75. The Labute approximate surface area is 125 Å². The van der Waals surface area contributed by atoms with E-state index in [1.807, 2.05) is 25.1 Å². The van der Waals surface area contributed by atoms with Gasteiger partial charge in [0.2, 0.25) is 0 Å². The predicted octanol–water partition coefficient (Wildman–Crippen LogP) is 2.06. The standard InChI is InChI=1S/C16H20N2O3/c1-12-9-15(21-3)6-5-13(12)10-14(11-17)16(19)18-7-4-8-20-2/h5-6,9-10H,4,7-8H2,1-3H3,(H,18,19)/b14-10+. The molecule has 1 aromatic rings. The normalized spacial score (nSPS) is 10.9. The lowest BCUT2D eigenvalue weighted by atomic mass is 10.1. The van der Waals surface area contributed by atoms with Gasteiger partial charge >= 0.3 is 0 Å². The van der Waals surface area contributed by atoms with E-state index in [2.05, 4.69) is 5.32 Å². The topological polar surface area (TPSA) is 71.3 Å². The van der Waals surface area contributed by atoms with Crippen LogP contribution in [0.25, 0.3) is 6.08 Å². The summed E-state index contributed by atoms with van der Waals surface area (Å²) in [4.78, 5) is 11.9. The molecule has 0 bridgehead atoms. The summed E-state index contributed by atoms with van der Waals surface area (Å²) in [7, 11) is 3.20. The van der Waals surface area contributed by atoms with E-state index in [1.165, 1.54) is 0 Å². The number of ether oxygens (including phenoxy) is 2. The monoisotopic (exact) mass is 288 g/mol. The zero-order valence-corrected chi connectivity index (χ0v) is 12.6. The molecule has 0 aliphatic carbocycles. The number of benzene rings is 1. The summed E-state index contributed by atoms with van der Waals surface area (Å²) in [5.41, 5.74) is 1.84. The molecule has 0 heterocycles. The number of carbonyl (C=O) groups is 1. The molecule has 0 aliphatic rings. The number of hydrogen-bond acceptors (Lipinski definition) is 4. The first-order valence-electron chi connectivity index (χ1n) is 6.66. The fourth-order valence-corrected chi connectivity index (χ4v) is 1.75. The van der Waals surface area contributed by atoms with Gasteiger partial charge in [-0.25, -0.2) is 0 Å². The van der Waals surface area contributed by atoms with Crippen molar-refractivity contribution in [3.05, 3.63) is 34.9 Å². The van der Waals surface area contributed by atoms with E-state index in [9.17, 15) is 4.79 Å². The SMILES string of the molecule is COCCCNC(=O)/C(C#N)=C/c1ccc(OC)cc1C. The summed E-state index contributed by atoms with van der Waals surface area (Å²) in [6, 6.07) is 7.41. The van der Waals surface area contributed by atoms with Crippen molar-refractivity contribution in [2.45, 2.75) is 13.3 Å². The third-order valence-electron chi connectivity index (χ3n) is 2.95. The summed E-state index contributed by atoms with van der Waals surface area (Å²) < 4.78 is 10.0. The molecule has 21 heavy (non-hydrogen) atoms. The molecule has 5 heteroatoms. The Morgan fingerprint density at radius 1 is 1.43 bits per heavy atom. The lowest BCUT2D eigenvalue weighted by Crippen LogP contribution is -2.26. The second kappa shape index (κ2) is 8.77. The third kappa shape index (κ3) is 5.28. The first kappa shape index (κ1) is 16.7. The summed E-state index contributed by atoms with van der Waals surface area (Å²) in [5, 5.41) is 11.8. The average Bonchev–Trinajstić information content (AvgIpc) is 2.50. The van der Waals surface area contributed by atoms with Crippen LogP contribution in [0.1, 0.15) is 17.5 Å². The van der Waals surface area contributed by atoms with Crippen molar-refractivity contribution in [2.75, 3.05) is 27.4 Å². The van der Waals surface area contributed by atoms with Crippen LogP contribution in [0.3, 0.4) is 0 Å². The highest BCUT2D eigenvalue weighted by molar-refractivity contribution is 6.01. The molecule has 112 valence electrons. The van der Waals surface area contributed by atoms with Crippen LogP contribution in [0.5, 0.6) is 5.75 Å². The number of carbonyl (C=O) groups excluding carboxylic acids is 1. The Morgan fingerprint density at radius 3 is 2.76 bits per heavy atom. The van der Waals surface area contributed by atoms with Gasteiger partial charge in [0, 0.05) is 20.3 Å². The van der Waals surface area contributed by atoms with Crippen molar-refractivity contribution in [3.63, 3.8) is 0 Å². The molecule has 0 saturated heterocycles. The zero-order valence-electron chi connectivity index (χ0n) is 12.6. The van der Waals surface area contributed by atoms with Crippen LogP contribution in [0.15, 0.2) is 23.8 Å². The number of nitriles is 1. The van der Waals surface area contributed by atoms with Crippen molar-refractivity contribution in [3.8, 4) is 11.8 Å². The number of hydrogen-bond donors (Lipinski definition) is 1. The molecule has 0 aliphatic heterocycles. The van der Waals surface area contributed by atoms with Crippen LogP contribution in [0, 0.1) is 18.3 Å². The smallest absolute Gasteiger partial charge is 0.261 e. The Bertz CT molecular complexity index is 559. The molecule has 0 spiro atoms. The minimum atomic E-state index is -0.371. The van der Waals surface area contributed by atoms with Crippen LogP contribution in [0.4, 0.5) is 0 Å². The van der Waals surface area contributed by atoms with E-state index in [0.717, 1.165) is 16.9 Å². The molecule has 0 atom stereocenters. The Balaban J connectivity index is 2.79. The van der Waals surface area contributed by atoms with Gasteiger partial charge in [0.25, 0.3) is 5.91 Å². The minimum Gasteiger partial charge on any atom is -0.497 e. The fraction of sp³-hybridized carbons (Fsp3) is 0.375. The first-order valence-corrected chi connectivity index (χ1v) is 6.66. The van der Waals surface area contributed by atoms with E-state index >= 15 is 0 Å². The van der Waals surface area contributed by atoms with Crippen molar-refractivity contribution in [2.24, 2.45) is 0 Å². The molecule has 0 fully saturated rings. The maximum absolute atomic E-state index is 11.9. The zero-order chi connectivity index (χ0) is 15.7. The molecular formula is C16H20N2O3. The molecule has 1 aromatic carbocycles. The van der Waals surface area contributed by atoms with Gasteiger partial charge in [0.05, 0.1) is 7.11 Å². The van der Waals surface area contributed by atoms with Gasteiger partial charge in [-0.3, -0.25) is 4.79 Å². The Hall–Kier alpha value is -2.32. The molecule has 0 saturated carbocycles. The van der Waals surface area contributed by atoms with Gasteiger partial charge in [0.1, 0.15) is 17.4 Å². The number of aryl methyl sites for hydroxylation is 1. The van der Waals surface area contributed by atoms with Crippen molar-refractivity contribution in [1.82, 2.24) is 5.32 Å². The molecular weight excluding hydrogens is 268 g/mol. The maximum atomic E-state index is 11.9. The summed E-state index contributed by atoms with van der Waals surface area (Å²) in [6.07, 6.45) is 2.29. The second-order valence-electron chi connectivity index (χ2n) is 4.49. The van der Waals surface area contributed by atoms with Crippen LogP contribution in [-0.2, 0) is 9.53 Å². The van der Waals surface area contributed by atoms with Gasteiger partial charge in [-0.15, -0.1) is 0 Å². The van der Waals surface area contributed by atoms with Gasteiger partial charge in [-0.05, 0) is 42.7 Å². The molecule has 0 radical (unpaired) electrons. The van der Waals surface area contributed by atoms with Crippen LogP contribution < -0.4 is 10.1 Å². The highest BCUT2D eigenvalue weighted by Gasteiger charge is 2.09. The molecule has 1 amide bonds. The largest absolute Gasteiger partial charge is 0.497 e.